The fourth-order valence-electron chi connectivity index (χ4n) is 1.62. The number of aromatic nitrogens is 1. The van der Waals surface area contributed by atoms with Crippen LogP contribution in [0.15, 0.2) is 23.4 Å². The van der Waals surface area contributed by atoms with Crippen LogP contribution in [-0.4, -0.2) is 10.7 Å². The highest BCUT2D eigenvalue weighted by Crippen LogP contribution is 2.26. The fourth-order valence-corrected chi connectivity index (χ4v) is 2.78. The summed E-state index contributed by atoms with van der Waals surface area (Å²) in [5.74, 6) is 1.93. The van der Waals surface area contributed by atoms with Crippen LogP contribution in [0.2, 0.25) is 0 Å². The molecule has 0 spiro atoms. The first-order valence-electron chi connectivity index (χ1n) is 6.11. The Morgan fingerprint density at radius 1 is 1.44 bits per heavy atom. The normalized spacial score (nSPS) is 12.6. The van der Waals surface area contributed by atoms with Gasteiger partial charge < -0.3 is 5.73 Å². The molecular weight excluding hydrogens is 216 g/mol. The van der Waals surface area contributed by atoms with E-state index in [0.717, 1.165) is 22.4 Å². The van der Waals surface area contributed by atoms with E-state index in [0.29, 0.717) is 0 Å². The highest BCUT2D eigenvalue weighted by atomic mass is 32.2. The van der Waals surface area contributed by atoms with E-state index in [-0.39, 0.29) is 0 Å². The number of hydrogen-bond acceptors (Lipinski definition) is 3. The molecule has 1 unspecified atom stereocenters. The third-order valence-corrected chi connectivity index (χ3v) is 4.05. The molecule has 0 saturated carbocycles. The van der Waals surface area contributed by atoms with Crippen LogP contribution in [0.4, 0.5) is 5.69 Å². The van der Waals surface area contributed by atoms with Gasteiger partial charge in [-0.2, -0.15) is 0 Å². The molecule has 2 N–H and O–H groups in total. The van der Waals surface area contributed by atoms with Crippen molar-refractivity contribution < 1.29 is 0 Å². The monoisotopic (exact) mass is 238 g/mol. The molecule has 1 atom stereocenters. The zero-order valence-corrected chi connectivity index (χ0v) is 11.1. The second-order valence-electron chi connectivity index (χ2n) is 4.13. The van der Waals surface area contributed by atoms with Gasteiger partial charge in [0, 0.05) is 11.9 Å². The van der Waals surface area contributed by atoms with Crippen LogP contribution in [0.3, 0.4) is 0 Å². The van der Waals surface area contributed by atoms with Gasteiger partial charge in [-0.05, 0) is 24.5 Å². The average molecular weight is 238 g/mol. The third-order valence-electron chi connectivity index (χ3n) is 2.80. The zero-order valence-electron chi connectivity index (χ0n) is 10.3. The first-order valence-corrected chi connectivity index (χ1v) is 7.09. The summed E-state index contributed by atoms with van der Waals surface area (Å²) in [4.78, 5) is 4.30. The molecule has 3 heteroatoms. The summed E-state index contributed by atoms with van der Waals surface area (Å²) >= 11 is 1.79. The lowest BCUT2D eigenvalue weighted by atomic mass is 10.0. The van der Waals surface area contributed by atoms with Gasteiger partial charge in [-0.25, -0.2) is 4.98 Å². The van der Waals surface area contributed by atoms with E-state index in [1.807, 2.05) is 18.3 Å². The van der Waals surface area contributed by atoms with Crippen LogP contribution in [0, 0.1) is 5.92 Å². The van der Waals surface area contributed by atoms with Crippen molar-refractivity contribution in [2.24, 2.45) is 5.92 Å². The van der Waals surface area contributed by atoms with E-state index in [2.05, 4.69) is 18.8 Å². The van der Waals surface area contributed by atoms with Crippen molar-refractivity contribution in [3.05, 3.63) is 18.3 Å². The van der Waals surface area contributed by atoms with Crippen LogP contribution in [0.1, 0.15) is 39.5 Å². The quantitative estimate of drug-likeness (QED) is 0.730. The topological polar surface area (TPSA) is 38.9 Å². The van der Waals surface area contributed by atoms with Crippen LogP contribution in [-0.2, 0) is 0 Å². The Hall–Kier alpha value is -0.700. The highest BCUT2D eigenvalue weighted by molar-refractivity contribution is 7.99. The van der Waals surface area contributed by atoms with Gasteiger partial charge in [-0.15, -0.1) is 11.8 Å². The maximum atomic E-state index is 5.87. The van der Waals surface area contributed by atoms with Gasteiger partial charge >= 0.3 is 0 Å². The number of anilines is 1. The lowest BCUT2D eigenvalue weighted by molar-refractivity contribution is 0.499. The van der Waals surface area contributed by atoms with Gasteiger partial charge in [0.2, 0.25) is 0 Å². The minimum atomic E-state index is 0.798. The van der Waals surface area contributed by atoms with E-state index in [1.165, 1.54) is 25.7 Å². The van der Waals surface area contributed by atoms with Crippen molar-refractivity contribution >= 4 is 17.4 Å². The molecule has 0 aromatic carbocycles. The van der Waals surface area contributed by atoms with Crippen LogP contribution in [0.5, 0.6) is 0 Å². The Morgan fingerprint density at radius 2 is 2.25 bits per heavy atom. The summed E-state index contributed by atoms with van der Waals surface area (Å²) in [5.41, 5.74) is 6.67. The highest BCUT2D eigenvalue weighted by Gasteiger charge is 2.08. The molecule has 1 rings (SSSR count). The van der Waals surface area contributed by atoms with E-state index in [1.54, 1.807) is 11.8 Å². The Morgan fingerprint density at radius 3 is 2.88 bits per heavy atom. The minimum Gasteiger partial charge on any atom is -0.397 e. The number of nitrogens with zero attached hydrogens (tertiary/aromatic N) is 1. The van der Waals surface area contributed by atoms with Gasteiger partial charge in [0.1, 0.15) is 5.03 Å². The number of nitrogen functional groups attached to an aromatic ring is 1. The van der Waals surface area contributed by atoms with Crippen molar-refractivity contribution in [3.63, 3.8) is 0 Å². The lowest BCUT2D eigenvalue weighted by Gasteiger charge is -2.13. The van der Waals surface area contributed by atoms with Gasteiger partial charge in [0.25, 0.3) is 0 Å². The number of pyridine rings is 1. The van der Waals surface area contributed by atoms with Gasteiger partial charge in [0.15, 0.2) is 0 Å². The predicted molar refractivity (Wildman–Crippen MR) is 72.7 cm³/mol. The van der Waals surface area contributed by atoms with Crippen molar-refractivity contribution in [2.75, 3.05) is 11.5 Å². The average Bonchev–Trinajstić information content (AvgIpc) is 2.31. The fraction of sp³-hybridized carbons (Fsp3) is 0.615. The minimum absolute atomic E-state index is 0.798. The molecule has 90 valence electrons. The van der Waals surface area contributed by atoms with Gasteiger partial charge in [-0.1, -0.05) is 33.1 Å². The molecule has 0 aliphatic rings. The first kappa shape index (κ1) is 13.4. The molecule has 0 radical (unpaired) electrons. The Bertz CT molecular complexity index is 302. The number of unbranched alkanes of at least 4 members (excludes halogenated alkanes) is 1. The number of hydrogen-bond donors (Lipinski definition) is 1. The molecule has 16 heavy (non-hydrogen) atoms. The molecule has 0 aliphatic carbocycles. The summed E-state index contributed by atoms with van der Waals surface area (Å²) in [6.45, 7) is 4.51. The molecule has 1 aromatic heterocycles. The Kier molecular flexibility index (Phi) is 6.31. The molecule has 0 saturated heterocycles. The van der Waals surface area contributed by atoms with Crippen molar-refractivity contribution in [1.29, 1.82) is 0 Å². The summed E-state index contributed by atoms with van der Waals surface area (Å²) in [6, 6.07) is 3.80. The summed E-state index contributed by atoms with van der Waals surface area (Å²) in [7, 11) is 0. The molecule has 1 heterocycles. The van der Waals surface area contributed by atoms with E-state index < -0.39 is 0 Å². The molecule has 2 nitrogen and oxygen atoms in total. The molecule has 0 aliphatic heterocycles. The van der Waals surface area contributed by atoms with Gasteiger partial charge in [0.05, 0.1) is 5.69 Å². The van der Waals surface area contributed by atoms with Crippen LogP contribution < -0.4 is 5.73 Å². The molecule has 0 fully saturated rings. The van der Waals surface area contributed by atoms with Gasteiger partial charge in [-0.3, -0.25) is 0 Å². The number of thioether (sulfide) groups is 1. The third kappa shape index (κ3) is 4.44. The Labute approximate surface area is 103 Å². The molecule has 0 amide bonds. The van der Waals surface area contributed by atoms with E-state index in [4.69, 9.17) is 5.73 Å². The standard InChI is InChI=1S/C13H22N2S/c1-3-5-7-11(4-2)10-16-13-12(14)8-6-9-15-13/h6,8-9,11H,3-5,7,10,14H2,1-2H3. The largest absolute Gasteiger partial charge is 0.397 e. The Balaban J connectivity index is 2.40. The van der Waals surface area contributed by atoms with Crippen LogP contribution >= 0.6 is 11.8 Å². The predicted octanol–water partition coefficient (Wildman–Crippen LogP) is 3.97. The second-order valence-corrected chi connectivity index (χ2v) is 5.13. The second kappa shape index (κ2) is 7.55. The number of rotatable bonds is 7. The molecule has 1 aromatic rings. The summed E-state index contributed by atoms with van der Waals surface area (Å²) < 4.78 is 0. The maximum absolute atomic E-state index is 5.87. The molecular formula is C13H22N2S. The maximum Gasteiger partial charge on any atom is 0.119 e. The zero-order chi connectivity index (χ0) is 11.8. The van der Waals surface area contributed by atoms with E-state index >= 15 is 0 Å². The summed E-state index contributed by atoms with van der Waals surface area (Å²) in [6.07, 6.45) is 7.00. The smallest absolute Gasteiger partial charge is 0.119 e. The van der Waals surface area contributed by atoms with Crippen molar-refractivity contribution in [2.45, 2.75) is 44.6 Å². The van der Waals surface area contributed by atoms with Crippen molar-refractivity contribution in [1.82, 2.24) is 4.98 Å². The van der Waals surface area contributed by atoms with Crippen LogP contribution in [0.25, 0.3) is 0 Å². The van der Waals surface area contributed by atoms with Crippen molar-refractivity contribution in [3.8, 4) is 0 Å². The molecule has 0 bridgehead atoms. The first-order chi connectivity index (χ1) is 7.77. The lowest BCUT2D eigenvalue weighted by Crippen LogP contribution is -2.03. The SMILES string of the molecule is CCCCC(CC)CSc1ncccc1N. The summed E-state index contributed by atoms with van der Waals surface area (Å²) in [5, 5.41) is 0.984. The number of nitrogens with two attached hydrogens (primary N) is 1. The van der Waals surface area contributed by atoms with E-state index in [9.17, 15) is 0 Å².